The first-order valence-electron chi connectivity index (χ1n) is 11.3. The lowest BCUT2D eigenvalue weighted by molar-refractivity contribution is 0.836. The van der Waals surface area contributed by atoms with Gasteiger partial charge in [0, 0.05) is 33.4 Å². The minimum atomic E-state index is -0.0468. The van der Waals surface area contributed by atoms with Crippen LogP contribution in [0.4, 0.5) is 0 Å². The highest BCUT2D eigenvalue weighted by molar-refractivity contribution is 9.10. The Bertz CT molecular complexity index is 1950. The quantitative estimate of drug-likeness (QED) is 0.212. The van der Waals surface area contributed by atoms with Gasteiger partial charge in [-0.3, -0.25) is 8.97 Å². The van der Waals surface area contributed by atoms with Crippen molar-refractivity contribution in [2.24, 2.45) is 7.05 Å². The van der Waals surface area contributed by atoms with Crippen molar-refractivity contribution in [3.63, 3.8) is 0 Å². The van der Waals surface area contributed by atoms with Crippen LogP contribution in [-0.4, -0.2) is 8.97 Å². The van der Waals surface area contributed by atoms with Crippen molar-refractivity contribution in [3.05, 3.63) is 112 Å². The lowest BCUT2D eigenvalue weighted by Gasteiger charge is -2.19. The topological polar surface area (TPSA) is 26.4 Å². The Balaban J connectivity index is 1.91. The van der Waals surface area contributed by atoms with E-state index >= 15 is 0 Å². The molecule has 0 saturated carbocycles. The summed E-state index contributed by atoms with van der Waals surface area (Å²) >= 11 is 3.69. The monoisotopic (exact) mass is 502 g/mol. The van der Waals surface area contributed by atoms with Gasteiger partial charge in [0.1, 0.15) is 0 Å². The molecular formula is C30H19BrN2O. The average molecular weight is 503 g/mol. The van der Waals surface area contributed by atoms with Gasteiger partial charge in [-0.05, 0) is 46.2 Å². The van der Waals surface area contributed by atoms with E-state index < -0.39 is 0 Å². The van der Waals surface area contributed by atoms with E-state index in [0.717, 1.165) is 42.7 Å². The van der Waals surface area contributed by atoms with Crippen LogP contribution in [0.15, 0.2) is 106 Å². The molecule has 3 nitrogen and oxygen atoms in total. The van der Waals surface area contributed by atoms with Crippen molar-refractivity contribution in [3.8, 4) is 22.3 Å². The molecule has 2 heterocycles. The number of para-hydroxylation sites is 1. The fourth-order valence-corrected chi connectivity index (χ4v) is 5.90. The molecule has 5 aromatic rings. The summed E-state index contributed by atoms with van der Waals surface area (Å²) < 4.78 is 4.63. The number of halogens is 1. The number of rotatable bonds is 1. The van der Waals surface area contributed by atoms with Gasteiger partial charge in [-0.1, -0.05) is 88.7 Å². The van der Waals surface area contributed by atoms with Crippen LogP contribution in [0, 0.1) is 0 Å². The summed E-state index contributed by atoms with van der Waals surface area (Å²) in [5.41, 5.74) is 7.43. The summed E-state index contributed by atoms with van der Waals surface area (Å²) in [5.74, 6) is 0. The summed E-state index contributed by atoms with van der Waals surface area (Å²) in [5, 5.41) is 4.48. The number of pyridine rings is 1. The van der Waals surface area contributed by atoms with Crippen molar-refractivity contribution in [1.29, 1.82) is 0 Å². The molecule has 0 unspecified atom stereocenters. The highest BCUT2D eigenvalue weighted by Crippen LogP contribution is 2.51. The van der Waals surface area contributed by atoms with Crippen LogP contribution in [0.1, 0.15) is 0 Å². The molecule has 0 spiro atoms. The second-order valence-corrected chi connectivity index (χ2v) is 9.66. The van der Waals surface area contributed by atoms with Gasteiger partial charge in [-0.15, -0.1) is 0 Å². The molecule has 0 N–H and O–H groups in total. The molecule has 0 atom stereocenters. The molecule has 1 aliphatic heterocycles. The number of aryl methyl sites for hydroxylation is 1. The summed E-state index contributed by atoms with van der Waals surface area (Å²) in [6.07, 6.45) is 0. The molecule has 0 fully saturated rings. The van der Waals surface area contributed by atoms with E-state index in [1.54, 1.807) is 4.57 Å². The van der Waals surface area contributed by atoms with Crippen molar-refractivity contribution >= 4 is 54.0 Å². The zero-order valence-electron chi connectivity index (χ0n) is 18.4. The highest BCUT2D eigenvalue weighted by atomic mass is 79.9. The zero-order valence-corrected chi connectivity index (χ0v) is 20.0. The van der Waals surface area contributed by atoms with Crippen molar-refractivity contribution < 1.29 is 0 Å². The lowest BCUT2D eigenvalue weighted by atomic mass is 9.94. The van der Waals surface area contributed by atoms with E-state index in [1.165, 1.54) is 22.1 Å². The third kappa shape index (κ3) is 2.49. The Morgan fingerprint density at radius 1 is 0.618 bits per heavy atom. The normalized spacial score (nSPS) is 11.9. The predicted octanol–water partition coefficient (Wildman–Crippen LogP) is 7.63. The summed E-state index contributed by atoms with van der Waals surface area (Å²) in [4.78, 5) is 13.8. The van der Waals surface area contributed by atoms with Crippen LogP contribution in [0.25, 0.3) is 60.3 Å². The van der Waals surface area contributed by atoms with Crippen LogP contribution < -0.4 is 5.69 Å². The first-order valence-corrected chi connectivity index (χ1v) is 12.1. The number of aromatic nitrogens is 2. The summed E-state index contributed by atoms with van der Waals surface area (Å²) in [7, 11) is 1.85. The van der Waals surface area contributed by atoms with Gasteiger partial charge in [-0.25, -0.2) is 4.79 Å². The molecular weight excluding hydrogens is 484 g/mol. The van der Waals surface area contributed by atoms with Crippen LogP contribution >= 0.6 is 15.9 Å². The first kappa shape index (κ1) is 19.6. The third-order valence-corrected chi connectivity index (χ3v) is 7.45. The van der Waals surface area contributed by atoms with Gasteiger partial charge >= 0.3 is 5.69 Å². The molecule has 4 aromatic carbocycles. The van der Waals surface area contributed by atoms with Crippen LogP contribution in [-0.2, 0) is 7.05 Å². The number of hydrogen-bond acceptors (Lipinski definition) is 1. The molecule has 0 saturated heterocycles. The third-order valence-electron chi connectivity index (χ3n) is 6.96. The van der Waals surface area contributed by atoms with Gasteiger partial charge in [0.2, 0.25) is 0 Å². The molecule has 4 heteroatoms. The molecule has 1 aromatic heterocycles. The maximum atomic E-state index is 13.8. The van der Waals surface area contributed by atoms with E-state index in [-0.39, 0.29) is 5.69 Å². The predicted molar refractivity (Wildman–Crippen MR) is 145 cm³/mol. The van der Waals surface area contributed by atoms with Gasteiger partial charge in [0.05, 0.1) is 16.6 Å². The van der Waals surface area contributed by atoms with Gasteiger partial charge < -0.3 is 0 Å². The fraction of sp³-hybridized carbons (Fsp3) is 0.0333. The SMILES string of the molecule is Cn1c(=O)n2c3ccc(Br)cc3c3c(-c4ccccc4)c4ccccc4c-3c2c2ccccc21. The highest BCUT2D eigenvalue weighted by Gasteiger charge is 2.27. The van der Waals surface area contributed by atoms with Gasteiger partial charge in [-0.2, -0.15) is 0 Å². The van der Waals surface area contributed by atoms with Crippen molar-refractivity contribution in [1.82, 2.24) is 8.97 Å². The maximum Gasteiger partial charge on any atom is 0.333 e. The number of fused-ring (bicyclic) bond motifs is 10. The molecule has 0 amide bonds. The largest absolute Gasteiger partial charge is 0.333 e. The minimum absolute atomic E-state index is 0.0468. The van der Waals surface area contributed by atoms with Gasteiger partial charge in [0.15, 0.2) is 0 Å². The molecule has 1 aliphatic carbocycles. The zero-order chi connectivity index (χ0) is 23.0. The Morgan fingerprint density at radius 3 is 2.03 bits per heavy atom. The van der Waals surface area contributed by atoms with Gasteiger partial charge in [0.25, 0.3) is 0 Å². The van der Waals surface area contributed by atoms with Crippen LogP contribution in [0.3, 0.4) is 0 Å². The molecule has 162 valence electrons. The summed E-state index contributed by atoms with van der Waals surface area (Å²) in [6, 6.07) is 33.5. The van der Waals surface area contributed by atoms with Crippen LogP contribution in [0.5, 0.6) is 0 Å². The van der Waals surface area contributed by atoms with Crippen molar-refractivity contribution in [2.75, 3.05) is 0 Å². The average Bonchev–Trinajstić information content (AvgIpc) is 3.22. The van der Waals surface area contributed by atoms with E-state index in [1.807, 2.05) is 41.8 Å². The standard InChI is InChI=1S/C30H19BrN2O/c1-32-24-14-8-7-13-22(24)29-28-21-12-6-5-11-20(21)26(18-9-3-2-4-10-18)27(28)23-17-19(31)15-16-25(23)33(29)30(32)34/h2-17H,1H3. The maximum absolute atomic E-state index is 13.8. The Morgan fingerprint density at radius 2 is 1.26 bits per heavy atom. The molecule has 2 aliphatic rings. The van der Waals surface area contributed by atoms with E-state index in [2.05, 4.69) is 82.7 Å². The first-order chi connectivity index (χ1) is 16.6. The number of hydrogen-bond donors (Lipinski definition) is 0. The molecule has 34 heavy (non-hydrogen) atoms. The number of benzene rings is 4. The fourth-order valence-electron chi connectivity index (χ4n) is 5.54. The smallest absolute Gasteiger partial charge is 0.296 e. The van der Waals surface area contributed by atoms with E-state index in [9.17, 15) is 4.79 Å². The molecule has 7 rings (SSSR count). The lowest BCUT2D eigenvalue weighted by Crippen LogP contribution is -2.26. The Kier molecular flexibility index (Phi) is 4.06. The number of nitrogens with zero attached hydrogens (tertiary/aromatic N) is 2. The molecule has 0 bridgehead atoms. The second-order valence-electron chi connectivity index (χ2n) is 8.74. The minimum Gasteiger partial charge on any atom is -0.296 e. The van der Waals surface area contributed by atoms with E-state index in [0.29, 0.717) is 0 Å². The van der Waals surface area contributed by atoms with Crippen molar-refractivity contribution in [2.45, 2.75) is 0 Å². The molecule has 0 radical (unpaired) electrons. The van der Waals surface area contributed by atoms with E-state index in [4.69, 9.17) is 0 Å². The Hall–Kier alpha value is -3.89. The Labute approximate surface area is 204 Å². The summed E-state index contributed by atoms with van der Waals surface area (Å²) in [6.45, 7) is 0. The second kappa shape index (κ2) is 7.05. The van der Waals surface area contributed by atoms with Crippen LogP contribution in [0.2, 0.25) is 0 Å².